The topological polar surface area (TPSA) is 92.4 Å². The van der Waals surface area contributed by atoms with Gasteiger partial charge in [-0.05, 0) is 36.5 Å². The van der Waals surface area contributed by atoms with Crippen LogP contribution in [0.1, 0.15) is 37.0 Å². The number of nitrogens with two attached hydrogens (primary N) is 1. The normalized spacial score (nSPS) is 12.2. The zero-order valence-corrected chi connectivity index (χ0v) is 12.2. The number of hydrogen-bond donors (Lipinski definition) is 3. The lowest BCUT2D eigenvalue weighted by Gasteiger charge is -2.18. The first-order valence-corrected chi connectivity index (χ1v) is 6.84. The van der Waals surface area contributed by atoms with Crippen molar-refractivity contribution >= 4 is 17.6 Å². The maximum Gasteiger partial charge on any atom is 0.303 e. The zero-order valence-electron chi connectivity index (χ0n) is 12.2. The predicted molar refractivity (Wildman–Crippen MR) is 78.6 cm³/mol. The van der Waals surface area contributed by atoms with E-state index in [0.717, 1.165) is 12.5 Å². The van der Waals surface area contributed by atoms with Crippen molar-refractivity contribution in [1.82, 2.24) is 0 Å². The number of carbonyl (C=O) groups excluding carboxylic acids is 1. The van der Waals surface area contributed by atoms with Crippen molar-refractivity contribution in [2.45, 2.75) is 26.7 Å². The van der Waals surface area contributed by atoms with Gasteiger partial charge >= 0.3 is 5.97 Å². The fraction of sp³-hybridized carbons (Fsp3) is 0.467. The van der Waals surface area contributed by atoms with E-state index in [9.17, 15) is 14.0 Å². The molecule has 0 saturated carbocycles. The summed E-state index contributed by atoms with van der Waals surface area (Å²) >= 11 is 0. The lowest BCUT2D eigenvalue weighted by Crippen LogP contribution is -2.20. The van der Waals surface area contributed by atoms with E-state index in [-0.39, 0.29) is 23.6 Å². The van der Waals surface area contributed by atoms with E-state index in [0.29, 0.717) is 12.5 Å². The SMILES string of the molecule is CC(C)CC(CNc1ccc(C(N)=O)cc1F)CC(=O)O. The first-order chi connectivity index (χ1) is 9.79. The number of carboxylic acids is 1. The monoisotopic (exact) mass is 296 g/mol. The Morgan fingerprint density at radius 2 is 2.05 bits per heavy atom. The number of rotatable bonds is 8. The molecule has 1 aromatic carbocycles. The number of hydrogen-bond acceptors (Lipinski definition) is 3. The number of amides is 1. The summed E-state index contributed by atoms with van der Waals surface area (Å²) in [5.74, 6) is -1.86. The predicted octanol–water partition coefficient (Wildman–Crippen LogP) is 2.47. The van der Waals surface area contributed by atoms with Crippen molar-refractivity contribution in [3.8, 4) is 0 Å². The molecule has 0 bridgehead atoms. The summed E-state index contributed by atoms with van der Waals surface area (Å²) in [6.45, 7) is 4.38. The largest absolute Gasteiger partial charge is 0.481 e. The highest BCUT2D eigenvalue weighted by Crippen LogP contribution is 2.20. The van der Waals surface area contributed by atoms with E-state index in [2.05, 4.69) is 5.32 Å². The van der Waals surface area contributed by atoms with Crippen LogP contribution in [-0.4, -0.2) is 23.5 Å². The van der Waals surface area contributed by atoms with Crippen LogP contribution < -0.4 is 11.1 Å². The molecule has 1 aromatic rings. The summed E-state index contributed by atoms with van der Waals surface area (Å²) < 4.78 is 13.8. The Morgan fingerprint density at radius 3 is 2.52 bits per heavy atom. The Labute approximate surface area is 123 Å². The van der Waals surface area contributed by atoms with Gasteiger partial charge < -0.3 is 16.2 Å². The summed E-state index contributed by atoms with van der Waals surface area (Å²) in [4.78, 5) is 21.8. The summed E-state index contributed by atoms with van der Waals surface area (Å²) in [5.41, 5.74) is 5.41. The van der Waals surface area contributed by atoms with Gasteiger partial charge in [0.1, 0.15) is 5.82 Å². The quantitative estimate of drug-likeness (QED) is 0.687. The second-order valence-electron chi connectivity index (χ2n) is 5.53. The smallest absolute Gasteiger partial charge is 0.303 e. The standard InChI is InChI=1S/C15H21FN2O3/c1-9(2)5-10(6-14(19)20)8-18-13-4-3-11(15(17)21)7-12(13)16/h3-4,7,9-10,18H,5-6,8H2,1-2H3,(H2,17,21)(H,19,20). The molecule has 0 aliphatic rings. The number of benzene rings is 1. The van der Waals surface area contributed by atoms with Crippen molar-refractivity contribution in [1.29, 1.82) is 0 Å². The molecule has 5 nitrogen and oxygen atoms in total. The minimum Gasteiger partial charge on any atom is -0.481 e. The number of carboxylic acid groups (broad SMARTS) is 1. The summed E-state index contributed by atoms with van der Waals surface area (Å²) in [7, 11) is 0. The number of halogens is 1. The number of aliphatic carboxylic acids is 1. The lowest BCUT2D eigenvalue weighted by molar-refractivity contribution is -0.138. The third-order valence-corrected chi connectivity index (χ3v) is 3.10. The molecular weight excluding hydrogens is 275 g/mol. The van der Waals surface area contributed by atoms with E-state index in [4.69, 9.17) is 10.8 Å². The van der Waals surface area contributed by atoms with E-state index < -0.39 is 17.7 Å². The Hall–Kier alpha value is -2.11. The third kappa shape index (κ3) is 5.81. The van der Waals surface area contributed by atoms with Gasteiger partial charge in [-0.3, -0.25) is 9.59 Å². The number of carbonyl (C=O) groups is 2. The van der Waals surface area contributed by atoms with Crippen molar-refractivity contribution < 1.29 is 19.1 Å². The van der Waals surface area contributed by atoms with Gasteiger partial charge in [0.05, 0.1) is 5.69 Å². The highest BCUT2D eigenvalue weighted by atomic mass is 19.1. The van der Waals surface area contributed by atoms with E-state index in [1.165, 1.54) is 12.1 Å². The molecule has 1 amide bonds. The molecule has 0 spiro atoms. The molecule has 0 aliphatic carbocycles. The molecular formula is C15H21FN2O3. The first-order valence-electron chi connectivity index (χ1n) is 6.84. The molecule has 0 aromatic heterocycles. The van der Waals surface area contributed by atoms with Gasteiger partial charge in [0.2, 0.25) is 5.91 Å². The molecule has 1 unspecified atom stereocenters. The van der Waals surface area contributed by atoms with Gasteiger partial charge in [-0.15, -0.1) is 0 Å². The minimum atomic E-state index is -0.869. The molecule has 0 saturated heterocycles. The Balaban J connectivity index is 2.70. The minimum absolute atomic E-state index is 0.0339. The van der Waals surface area contributed by atoms with E-state index >= 15 is 0 Å². The van der Waals surface area contributed by atoms with Crippen LogP contribution in [0.5, 0.6) is 0 Å². The van der Waals surface area contributed by atoms with Crippen LogP contribution in [-0.2, 0) is 4.79 Å². The van der Waals surface area contributed by atoms with Crippen LogP contribution in [0, 0.1) is 17.7 Å². The van der Waals surface area contributed by atoms with Crippen molar-refractivity contribution in [3.05, 3.63) is 29.6 Å². The second-order valence-corrected chi connectivity index (χ2v) is 5.53. The second kappa shape index (κ2) is 7.61. The molecule has 1 rings (SSSR count). The fourth-order valence-electron chi connectivity index (χ4n) is 2.22. The average molecular weight is 296 g/mol. The highest BCUT2D eigenvalue weighted by molar-refractivity contribution is 5.93. The van der Waals surface area contributed by atoms with Gasteiger partial charge in [-0.2, -0.15) is 0 Å². The van der Waals surface area contributed by atoms with Crippen LogP contribution in [0.25, 0.3) is 0 Å². The number of nitrogens with one attached hydrogen (secondary N) is 1. The van der Waals surface area contributed by atoms with Gasteiger partial charge in [0.25, 0.3) is 0 Å². The Bertz CT molecular complexity index is 518. The third-order valence-electron chi connectivity index (χ3n) is 3.10. The maximum absolute atomic E-state index is 13.8. The number of primary amides is 1. The first kappa shape index (κ1) is 16.9. The number of anilines is 1. The molecule has 0 fully saturated rings. The van der Waals surface area contributed by atoms with Crippen LogP contribution >= 0.6 is 0 Å². The molecule has 0 radical (unpaired) electrons. The van der Waals surface area contributed by atoms with Gasteiger partial charge in [-0.1, -0.05) is 13.8 Å². The van der Waals surface area contributed by atoms with Crippen molar-refractivity contribution in [2.75, 3.05) is 11.9 Å². The molecule has 1 atom stereocenters. The molecule has 116 valence electrons. The maximum atomic E-state index is 13.8. The highest BCUT2D eigenvalue weighted by Gasteiger charge is 2.16. The van der Waals surface area contributed by atoms with Gasteiger partial charge in [-0.25, -0.2) is 4.39 Å². The molecule has 4 N–H and O–H groups in total. The van der Waals surface area contributed by atoms with Crippen molar-refractivity contribution in [3.63, 3.8) is 0 Å². The molecule has 0 heterocycles. The summed E-state index contributed by atoms with van der Waals surface area (Å²) in [6, 6.07) is 3.93. The lowest BCUT2D eigenvalue weighted by atomic mass is 9.94. The van der Waals surface area contributed by atoms with Crippen LogP contribution in [0.4, 0.5) is 10.1 Å². The van der Waals surface area contributed by atoms with Crippen LogP contribution in [0.3, 0.4) is 0 Å². The summed E-state index contributed by atoms with van der Waals surface area (Å²) in [5, 5.41) is 11.8. The molecule has 6 heteroatoms. The molecule has 21 heavy (non-hydrogen) atoms. The van der Waals surface area contributed by atoms with Gasteiger partial charge in [0.15, 0.2) is 0 Å². The Morgan fingerprint density at radius 1 is 1.38 bits per heavy atom. The summed E-state index contributed by atoms with van der Waals surface area (Å²) in [6.07, 6.45) is 0.770. The van der Waals surface area contributed by atoms with Gasteiger partial charge in [0, 0.05) is 18.5 Å². The van der Waals surface area contributed by atoms with E-state index in [1.807, 2.05) is 13.8 Å². The molecule has 0 aliphatic heterocycles. The van der Waals surface area contributed by atoms with Crippen molar-refractivity contribution in [2.24, 2.45) is 17.6 Å². The Kier molecular flexibility index (Phi) is 6.14. The zero-order chi connectivity index (χ0) is 16.0. The van der Waals surface area contributed by atoms with Crippen LogP contribution in [0.15, 0.2) is 18.2 Å². The van der Waals surface area contributed by atoms with E-state index in [1.54, 1.807) is 0 Å². The van der Waals surface area contributed by atoms with Crippen LogP contribution in [0.2, 0.25) is 0 Å². The fourth-order valence-corrected chi connectivity index (χ4v) is 2.22. The average Bonchev–Trinajstić information content (AvgIpc) is 2.35.